The lowest BCUT2D eigenvalue weighted by Crippen LogP contribution is -2.13. The van der Waals surface area contributed by atoms with E-state index in [1.54, 1.807) is 6.92 Å². The van der Waals surface area contributed by atoms with Crippen LogP contribution in [0.3, 0.4) is 0 Å². The van der Waals surface area contributed by atoms with Gasteiger partial charge in [-0.3, -0.25) is 4.79 Å². The second kappa shape index (κ2) is 4.44. The van der Waals surface area contributed by atoms with Crippen molar-refractivity contribution in [3.8, 4) is 5.75 Å². The summed E-state index contributed by atoms with van der Waals surface area (Å²) < 4.78 is 5.63. The predicted octanol–water partition coefficient (Wildman–Crippen LogP) is 2.03. The van der Waals surface area contributed by atoms with E-state index in [1.165, 1.54) is 19.2 Å². The molecule has 0 saturated heterocycles. The number of aryl methyl sites for hydroxylation is 1. The summed E-state index contributed by atoms with van der Waals surface area (Å²) in [6.07, 6.45) is 0. The molecule has 0 aliphatic heterocycles. The summed E-state index contributed by atoms with van der Waals surface area (Å²) in [5, 5.41) is 8.55. The molecule has 0 radical (unpaired) electrons. The largest absolute Gasteiger partial charge is 0.495 e. The second-order valence-corrected chi connectivity index (χ2v) is 3.80. The van der Waals surface area contributed by atoms with E-state index in [4.69, 9.17) is 9.84 Å². The number of hydrogen-bond donors (Lipinski definition) is 1. The lowest BCUT2D eigenvalue weighted by atomic mass is 10.1. The van der Waals surface area contributed by atoms with Crippen LogP contribution in [-0.2, 0) is 4.79 Å². The molecule has 0 unspecified atom stereocenters. The van der Waals surface area contributed by atoms with E-state index >= 15 is 0 Å². The maximum absolute atomic E-state index is 11.2. The molecule has 0 fully saturated rings. The van der Waals surface area contributed by atoms with Crippen LogP contribution in [0, 0.1) is 6.92 Å². The van der Waals surface area contributed by atoms with Crippen molar-refractivity contribution in [2.45, 2.75) is 6.92 Å². The summed E-state index contributed by atoms with van der Waals surface area (Å²) in [7, 11) is 1.51. The number of aliphatic carboxylic acids is 1. The number of carboxylic acid groups (broad SMARTS) is 1. The number of carbonyl (C=O) groups is 2. The number of carbonyl (C=O) groups excluding carboxylic acids is 1. The molecule has 0 atom stereocenters. The van der Waals surface area contributed by atoms with Crippen LogP contribution in [0.4, 0.5) is 0 Å². The van der Waals surface area contributed by atoms with Crippen molar-refractivity contribution in [2.75, 3.05) is 7.11 Å². The summed E-state index contributed by atoms with van der Waals surface area (Å²) >= 11 is 3.21. The monoisotopic (exact) mass is 272 g/mol. The van der Waals surface area contributed by atoms with Gasteiger partial charge in [0.2, 0.25) is 0 Å². The van der Waals surface area contributed by atoms with E-state index in [-0.39, 0.29) is 5.56 Å². The first-order chi connectivity index (χ1) is 6.97. The predicted molar refractivity (Wildman–Crippen MR) is 57.4 cm³/mol. The zero-order valence-corrected chi connectivity index (χ0v) is 9.79. The fourth-order valence-electron chi connectivity index (χ4n) is 1.24. The van der Waals surface area contributed by atoms with Crippen molar-refractivity contribution in [3.05, 3.63) is 27.7 Å². The third kappa shape index (κ3) is 2.36. The highest BCUT2D eigenvalue weighted by atomic mass is 79.9. The molecular formula is C10H9BrO4. The Morgan fingerprint density at radius 1 is 1.40 bits per heavy atom. The average molecular weight is 273 g/mol. The number of halogens is 1. The standard InChI is InChI=1S/C10H9BrO4/c1-5-3-6(8(12)10(13)14)4-7(11)9(5)15-2/h3-4H,1-2H3,(H,13,14). The van der Waals surface area contributed by atoms with Crippen LogP contribution >= 0.6 is 15.9 Å². The quantitative estimate of drug-likeness (QED) is 0.676. The zero-order valence-electron chi connectivity index (χ0n) is 8.20. The van der Waals surface area contributed by atoms with Crippen LogP contribution < -0.4 is 4.74 Å². The maximum atomic E-state index is 11.2. The van der Waals surface area contributed by atoms with Gasteiger partial charge in [0.05, 0.1) is 11.6 Å². The Kier molecular flexibility index (Phi) is 3.47. The smallest absolute Gasteiger partial charge is 0.377 e. The van der Waals surface area contributed by atoms with E-state index in [0.717, 1.165) is 0 Å². The van der Waals surface area contributed by atoms with E-state index in [2.05, 4.69) is 15.9 Å². The van der Waals surface area contributed by atoms with E-state index < -0.39 is 11.8 Å². The molecule has 0 amide bonds. The van der Waals surface area contributed by atoms with Gasteiger partial charge in [0.25, 0.3) is 5.78 Å². The molecule has 1 aromatic rings. The molecule has 0 spiro atoms. The first kappa shape index (κ1) is 11.7. The number of Topliss-reactive ketones (excluding diaryl/α,β-unsaturated/α-hetero) is 1. The van der Waals surface area contributed by atoms with Crippen LogP contribution in [0.5, 0.6) is 5.75 Å². The van der Waals surface area contributed by atoms with Gasteiger partial charge in [0.1, 0.15) is 5.75 Å². The lowest BCUT2D eigenvalue weighted by Gasteiger charge is -2.08. The molecule has 4 nitrogen and oxygen atoms in total. The summed E-state index contributed by atoms with van der Waals surface area (Å²) in [5.41, 5.74) is 0.837. The molecule has 0 heterocycles. The Hall–Kier alpha value is -1.36. The number of carboxylic acids is 1. The molecule has 1 aromatic carbocycles. The van der Waals surface area contributed by atoms with Crippen LogP contribution in [0.15, 0.2) is 16.6 Å². The number of benzene rings is 1. The highest BCUT2D eigenvalue weighted by Crippen LogP contribution is 2.30. The highest BCUT2D eigenvalue weighted by Gasteiger charge is 2.17. The van der Waals surface area contributed by atoms with Crippen molar-refractivity contribution in [3.63, 3.8) is 0 Å². The summed E-state index contributed by atoms with van der Waals surface area (Å²) in [6.45, 7) is 1.74. The summed E-state index contributed by atoms with van der Waals surface area (Å²) in [6, 6.07) is 2.92. The fourth-order valence-corrected chi connectivity index (χ4v) is 1.97. The molecule has 0 bridgehead atoms. The number of rotatable bonds is 3. The molecular weight excluding hydrogens is 264 g/mol. The van der Waals surface area contributed by atoms with Gasteiger partial charge in [-0.2, -0.15) is 0 Å². The average Bonchev–Trinajstić information content (AvgIpc) is 2.15. The number of ketones is 1. The Morgan fingerprint density at radius 3 is 2.40 bits per heavy atom. The molecule has 0 aliphatic rings. The first-order valence-corrected chi connectivity index (χ1v) is 4.88. The minimum Gasteiger partial charge on any atom is -0.495 e. The topological polar surface area (TPSA) is 63.6 Å². The van der Waals surface area contributed by atoms with Crippen molar-refractivity contribution >= 4 is 27.7 Å². The van der Waals surface area contributed by atoms with Crippen molar-refractivity contribution in [1.29, 1.82) is 0 Å². The van der Waals surface area contributed by atoms with Gasteiger partial charge < -0.3 is 9.84 Å². The van der Waals surface area contributed by atoms with E-state index in [0.29, 0.717) is 15.8 Å². The third-order valence-corrected chi connectivity index (χ3v) is 2.48. The Labute approximate surface area is 95.0 Å². The van der Waals surface area contributed by atoms with Crippen LogP contribution in [0.2, 0.25) is 0 Å². The Morgan fingerprint density at radius 2 is 2.00 bits per heavy atom. The fraction of sp³-hybridized carbons (Fsp3) is 0.200. The van der Waals surface area contributed by atoms with E-state index in [1.807, 2.05) is 0 Å². The third-order valence-electron chi connectivity index (χ3n) is 1.89. The first-order valence-electron chi connectivity index (χ1n) is 4.09. The molecule has 0 saturated carbocycles. The second-order valence-electron chi connectivity index (χ2n) is 2.94. The SMILES string of the molecule is COc1c(C)cc(C(=O)C(=O)O)cc1Br. The van der Waals surface area contributed by atoms with Crippen molar-refractivity contribution in [2.24, 2.45) is 0 Å². The molecule has 0 aromatic heterocycles. The van der Waals surface area contributed by atoms with E-state index in [9.17, 15) is 9.59 Å². The number of hydrogen-bond acceptors (Lipinski definition) is 3. The Balaban J connectivity index is 3.26. The number of ether oxygens (including phenoxy) is 1. The summed E-state index contributed by atoms with van der Waals surface area (Å²) in [4.78, 5) is 21.7. The molecule has 5 heteroatoms. The van der Waals surface area contributed by atoms with Gasteiger partial charge in [-0.05, 0) is 40.5 Å². The minimum absolute atomic E-state index is 0.132. The van der Waals surface area contributed by atoms with Gasteiger partial charge in [-0.25, -0.2) is 4.79 Å². The van der Waals surface area contributed by atoms with Crippen LogP contribution in [0.1, 0.15) is 15.9 Å². The zero-order chi connectivity index (χ0) is 11.6. The Bertz CT molecular complexity index is 402. The molecule has 80 valence electrons. The van der Waals surface area contributed by atoms with Crippen LogP contribution in [0.25, 0.3) is 0 Å². The maximum Gasteiger partial charge on any atom is 0.377 e. The van der Waals surface area contributed by atoms with Gasteiger partial charge in [0, 0.05) is 5.56 Å². The normalized spacial score (nSPS) is 9.80. The molecule has 0 aliphatic carbocycles. The van der Waals surface area contributed by atoms with Crippen LogP contribution in [-0.4, -0.2) is 24.0 Å². The summed E-state index contributed by atoms with van der Waals surface area (Å²) in [5.74, 6) is -1.80. The lowest BCUT2D eigenvalue weighted by molar-refractivity contribution is -0.131. The molecule has 1 N–H and O–H groups in total. The molecule has 15 heavy (non-hydrogen) atoms. The number of methoxy groups -OCH3 is 1. The van der Waals surface area contributed by atoms with Gasteiger partial charge in [-0.15, -0.1) is 0 Å². The van der Waals surface area contributed by atoms with Gasteiger partial charge >= 0.3 is 5.97 Å². The van der Waals surface area contributed by atoms with Crippen molar-refractivity contribution in [1.82, 2.24) is 0 Å². The highest BCUT2D eigenvalue weighted by molar-refractivity contribution is 9.10. The van der Waals surface area contributed by atoms with Gasteiger partial charge in [0.15, 0.2) is 0 Å². The van der Waals surface area contributed by atoms with Gasteiger partial charge in [-0.1, -0.05) is 0 Å². The van der Waals surface area contributed by atoms with Crippen molar-refractivity contribution < 1.29 is 19.4 Å². The minimum atomic E-state index is -1.47. The molecule has 1 rings (SSSR count).